The van der Waals surface area contributed by atoms with Crippen LogP contribution in [0.1, 0.15) is 22.3 Å². The lowest BCUT2D eigenvalue weighted by molar-refractivity contribution is 0.442. The fraction of sp³-hybridized carbons (Fsp3) is 0.0189. The Morgan fingerprint density at radius 1 is 0.386 bits per heavy atom. The summed E-state index contributed by atoms with van der Waals surface area (Å²) in [6.45, 7) is 0. The van der Waals surface area contributed by atoms with Gasteiger partial charge in [-0.2, -0.15) is 0 Å². The summed E-state index contributed by atoms with van der Waals surface area (Å²) in [6, 6.07) is 69.2. The SMILES string of the molecule is c1ccc(-c2ccc(-c3cc(-c4cccc5sc6ccc7c(c6c45)Oc4ccccc4C74c5ccccc5-c5ccccc54)nc(-c4ccccc4)n3)cc2)cc1. The zero-order valence-corrected chi connectivity index (χ0v) is 31.5. The van der Waals surface area contributed by atoms with Crippen molar-refractivity contribution in [1.29, 1.82) is 0 Å². The molecule has 8 aromatic carbocycles. The monoisotopic (exact) mass is 744 g/mol. The molecule has 266 valence electrons. The quantitative estimate of drug-likeness (QED) is 0.180. The molecule has 1 aliphatic heterocycles. The fourth-order valence-electron chi connectivity index (χ4n) is 9.34. The van der Waals surface area contributed by atoms with Crippen molar-refractivity contribution in [3.05, 3.63) is 216 Å². The van der Waals surface area contributed by atoms with Crippen LogP contribution in [0.5, 0.6) is 11.5 Å². The molecule has 0 atom stereocenters. The maximum atomic E-state index is 7.17. The van der Waals surface area contributed by atoms with Gasteiger partial charge in [-0.15, -0.1) is 11.3 Å². The van der Waals surface area contributed by atoms with E-state index in [2.05, 4.69) is 170 Å². The molecule has 0 saturated carbocycles. The number of fused-ring (bicyclic) bond motifs is 13. The van der Waals surface area contributed by atoms with E-state index in [1.54, 1.807) is 11.3 Å². The molecule has 1 spiro atoms. The third kappa shape index (κ3) is 4.71. The highest BCUT2D eigenvalue weighted by molar-refractivity contribution is 7.26. The second-order valence-corrected chi connectivity index (χ2v) is 15.9. The van der Waals surface area contributed by atoms with Gasteiger partial charge < -0.3 is 4.74 Å². The summed E-state index contributed by atoms with van der Waals surface area (Å²) in [5.41, 5.74) is 14.1. The van der Waals surface area contributed by atoms with E-state index in [9.17, 15) is 0 Å². The normalized spacial score (nSPS) is 13.2. The lowest BCUT2D eigenvalue weighted by Gasteiger charge is -2.39. The third-order valence-electron chi connectivity index (χ3n) is 11.8. The van der Waals surface area contributed by atoms with Crippen molar-refractivity contribution in [1.82, 2.24) is 9.97 Å². The molecule has 12 rings (SSSR count). The highest BCUT2D eigenvalue weighted by Crippen LogP contribution is 2.63. The van der Waals surface area contributed by atoms with Crippen LogP contribution in [0.2, 0.25) is 0 Å². The van der Waals surface area contributed by atoms with Crippen LogP contribution >= 0.6 is 11.3 Å². The van der Waals surface area contributed by atoms with Crippen LogP contribution in [-0.4, -0.2) is 9.97 Å². The van der Waals surface area contributed by atoms with E-state index in [-0.39, 0.29) is 0 Å². The minimum absolute atomic E-state index is 0.538. The smallest absolute Gasteiger partial charge is 0.160 e. The number of benzene rings is 8. The molecule has 57 heavy (non-hydrogen) atoms. The number of nitrogens with zero attached hydrogens (tertiary/aromatic N) is 2. The zero-order chi connectivity index (χ0) is 37.5. The van der Waals surface area contributed by atoms with Gasteiger partial charge in [0, 0.05) is 48.0 Å². The number of aromatic nitrogens is 2. The van der Waals surface area contributed by atoms with Crippen molar-refractivity contribution < 1.29 is 4.74 Å². The molecule has 0 fully saturated rings. The van der Waals surface area contributed by atoms with Gasteiger partial charge in [0.25, 0.3) is 0 Å². The molecule has 3 heterocycles. The summed E-state index contributed by atoms with van der Waals surface area (Å²) in [4.78, 5) is 10.5. The molecule has 0 amide bonds. The van der Waals surface area contributed by atoms with Crippen molar-refractivity contribution >= 4 is 31.5 Å². The highest BCUT2D eigenvalue weighted by atomic mass is 32.1. The van der Waals surface area contributed by atoms with Crippen LogP contribution < -0.4 is 4.74 Å². The van der Waals surface area contributed by atoms with Crippen LogP contribution in [-0.2, 0) is 5.41 Å². The van der Waals surface area contributed by atoms with E-state index in [4.69, 9.17) is 14.7 Å². The molecular formula is C53H32N2OS. The Labute approximate surface area is 334 Å². The molecule has 0 saturated heterocycles. The molecular weight excluding hydrogens is 713 g/mol. The fourth-order valence-corrected chi connectivity index (χ4v) is 10.5. The first kappa shape index (κ1) is 32.1. The van der Waals surface area contributed by atoms with E-state index >= 15 is 0 Å². The topological polar surface area (TPSA) is 35.0 Å². The van der Waals surface area contributed by atoms with Crippen LogP contribution in [0.4, 0.5) is 0 Å². The summed E-state index contributed by atoms with van der Waals surface area (Å²) in [7, 11) is 0. The van der Waals surface area contributed by atoms with Crippen LogP contribution in [0.25, 0.3) is 76.3 Å². The van der Waals surface area contributed by atoms with Crippen LogP contribution in [0.3, 0.4) is 0 Å². The molecule has 0 unspecified atom stereocenters. The zero-order valence-electron chi connectivity index (χ0n) is 30.7. The van der Waals surface area contributed by atoms with Gasteiger partial charge in [0.05, 0.1) is 16.8 Å². The molecule has 2 aromatic heterocycles. The molecule has 10 aromatic rings. The highest BCUT2D eigenvalue weighted by Gasteiger charge is 2.51. The van der Waals surface area contributed by atoms with Gasteiger partial charge in [-0.25, -0.2) is 9.97 Å². The molecule has 2 aliphatic rings. The Morgan fingerprint density at radius 3 is 1.68 bits per heavy atom. The van der Waals surface area contributed by atoms with Gasteiger partial charge in [0.2, 0.25) is 0 Å². The summed E-state index contributed by atoms with van der Waals surface area (Å²) in [6.07, 6.45) is 0. The maximum Gasteiger partial charge on any atom is 0.160 e. The molecule has 4 heteroatoms. The van der Waals surface area contributed by atoms with E-state index < -0.39 is 5.41 Å². The van der Waals surface area contributed by atoms with Gasteiger partial charge in [0.1, 0.15) is 11.5 Å². The Morgan fingerprint density at radius 2 is 0.947 bits per heavy atom. The summed E-state index contributed by atoms with van der Waals surface area (Å²) < 4.78 is 9.54. The largest absolute Gasteiger partial charge is 0.456 e. The van der Waals surface area contributed by atoms with Crippen molar-refractivity contribution in [3.8, 4) is 67.7 Å². The van der Waals surface area contributed by atoms with Crippen molar-refractivity contribution in [2.45, 2.75) is 5.41 Å². The van der Waals surface area contributed by atoms with Gasteiger partial charge in [0.15, 0.2) is 5.82 Å². The first-order valence-electron chi connectivity index (χ1n) is 19.3. The predicted molar refractivity (Wildman–Crippen MR) is 234 cm³/mol. The number of thiophene rings is 1. The summed E-state index contributed by atoms with van der Waals surface area (Å²) in [5, 5.41) is 2.26. The Hall–Kier alpha value is -7.14. The van der Waals surface area contributed by atoms with Crippen molar-refractivity contribution in [2.24, 2.45) is 0 Å². The maximum absolute atomic E-state index is 7.17. The summed E-state index contributed by atoms with van der Waals surface area (Å²) in [5.74, 6) is 2.48. The Kier molecular flexibility index (Phi) is 7.01. The standard InChI is InChI=1S/C53H32N2OS/c1-3-14-33(15-4-1)34-26-28-35(29-27-34)44-32-45(55-52(54-44)36-16-5-2-6-17-36)39-20-13-25-47-49(39)50-48(57-47)31-30-43-51(50)56-46-24-12-11-23-42(46)53(43)40-21-9-7-18-37(40)38-19-8-10-22-41(38)53/h1-32H. The number of hydrogen-bond acceptors (Lipinski definition) is 4. The minimum atomic E-state index is -0.538. The average Bonchev–Trinajstić information content (AvgIpc) is 3.82. The number of ether oxygens (including phenoxy) is 1. The first-order chi connectivity index (χ1) is 28.3. The van der Waals surface area contributed by atoms with Gasteiger partial charge >= 0.3 is 0 Å². The first-order valence-corrected chi connectivity index (χ1v) is 20.1. The van der Waals surface area contributed by atoms with Gasteiger partial charge in [-0.1, -0.05) is 170 Å². The van der Waals surface area contributed by atoms with E-state index in [0.29, 0.717) is 5.82 Å². The number of rotatable bonds is 4. The van der Waals surface area contributed by atoms with Crippen molar-refractivity contribution in [3.63, 3.8) is 0 Å². The Balaban J connectivity index is 1.12. The molecule has 0 N–H and O–H groups in total. The van der Waals surface area contributed by atoms with E-state index in [1.807, 2.05) is 24.3 Å². The van der Waals surface area contributed by atoms with Crippen LogP contribution in [0, 0.1) is 0 Å². The number of hydrogen-bond donors (Lipinski definition) is 0. The molecule has 0 radical (unpaired) electrons. The number of para-hydroxylation sites is 1. The average molecular weight is 745 g/mol. The third-order valence-corrected chi connectivity index (χ3v) is 12.9. The van der Waals surface area contributed by atoms with Gasteiger partial charge in [-0.05, 0) is 57.6 Å². The van der Waals surface area contributed by atoms with Crippen molar-refractivity contribution in [2.75, 3.05) is 0 Å². The molecule has 1 aliphatic carbocycles. The summed E-state index contributed by atoms with van der Waals surface area (Å²) >= 11 is 1.80. The van der Waals surface area contributed by atoms with Gasteiger partial charge in [-0.3, -0.25) is 0 Å². The second kappa shape index (κ2) is 12.4. The van der Waals surface area contributed by atoms with E-state index in [0.717, 1.165) is 55.9 Å². The van der Waals surface area contributed by atoms with Crippen LogP contribution in [0.15, 0.2) is 194 Å². The second-order valence-electron chi connectivity index (χ2n) is 14.8. The lowest BCUT2D eigenvalue weighted by Crippen LogP contribution is -2.32. The Bertz CT molecular complexity index is 3160. The minimum Gasteiger partial charge on any atom is -0.456 e. The molecule has 0 bridgehead atoms. The lowest BCUT2D eigenvalue weighted by atomic mass is 9.66. The molecule has 3 nitrogen and oxygen atoms in total. The predicted octanol–water partition coefficient (Wildman–Crippen LogP) is 14.0. The van der Waals surface area contributed by atoms with E-state index in [1.165, 1.54) is 48.3 Å².